The van der Waals surface area contributed by atoms with E-state index in [1.54, 1.807) is 7.11 Å². The first-order valence-electron chi connectivity index (χ1n) is 7.07. The third-order valence-electron chi connectivity index (χ3n) is 3.72. The average molecular weight is 289 g/mol. The van der Waals surface area contributed by atoms with Gasteiger partial charge in [-0.2, -0.15) is 0 Å². The van der Waals surface area contributed by atoms with Gasteiger partial charge >= 0.3 is 0 Å². The topological polar surface area (TPSA) is 21.3 Å². The lowest BCUT2D eigenvalue weighted by atomic mass is 9.96. The van der Waals surface area contributed by atoms with Crippen molar-refractivity contribution in [3.63, 3.8) is 0 Å². The van der Waals surface area contributed by atoms with Gasteiger partial charge in [-0.3, -0.25) is 0 Å². The Balaban J connectivity index is 2.36. The Morgan fingerprint density at radius 2 is 2.05 bits per heavy atom. The van der Waals surface area contributed by atoms with E-state index in [1.165, 1.54) is 21.6 Å². The highest BCUT2D eigenvalue weighted by atomic mass is 32.1. The van der Waals surface area contributed by atoms with E-state index >= 15 is 0 Å². The molecule has 20 heavy (non-hydrogen) atoms. The average Bonchev–Trinajstić information content (AvgIpc) is 2.94. The summed E-state index contributed by atoms with van der Waals surface area (Å²) in [6.45, 7) is 7.36. The molecule has 1 aromatic carbocycles. The second-order valence-corrected chi connectivity index (χ2v) is 6.06. The van der Waals surface area contributed by atoms with Crippen molar-refractivity contribution in [3.8, 4) is 5.75 Å². The van der Waals surface area contributed by atoms with Gasteiger partial charge in [0.1, 0.15) is 5.75 Å². The van der Waals surface area contributed by atoms with Crippen LogP contribution in [-0.2, 0) is 6.42 Å². The summed E-state index contributed by atoms with van der Waals surface area (Å²) in [4.78, 5) is 1.40. The maximum atomic E-state index is 5.67. The largest absolute Gasteiger partial charge is 0.496 e. The maximum absolute atomic E-state index is 5.67. The number of hydrogen-bond acceptors (Lipinski definition) is 3. The van der Waals surface area contributed by atoms with Gasteiger partial charge in [0.15, 0.2) is 0 Å². The molecule has 1 N–H and O–H groups in total. The van der Waals surface area contributed by atoms with Gasteiger partial charge in [0.25, 0.3) is 0 Å². The summed E-state index contributed by atoms with van der Waals surface area (Å²) in [6.07, 6.45) is 1.00. The minimum atomic E-state index is 0.299. The van der Waals surface area contributed by atoms with Crippen molar-refractivity contribution in [2.45, 2.75) is 33.2 Å². The van der Waals surface area contributed by atoms with Crippen LogP contribution in [-0.4, -0.2) is 13.7 Å². The molecule has 0 aliphatic carbocycles. The molecule has 0 saturated carbocycles. The Labute approximate surface area is 125 Å². The molecule has 0 radical (unpaired) electrons. The van der Waals surface area contributed by atoms with Gasteiger partial charge in [0.05, 0.1) is 7.11 Å². The molecule has 0 aliphatic rings. The lowest BCUT2D eigenvalue weighted by Gasteiger charge is -2.22. The second-order valence-electron chi connectivity index (χ2n) is 5.02. The van der Waals surface area contributed by atoms with Crippen LogP contribution in [0.3, 0.4) is 0 Å². The van der Waals surface area contributed by atoms with Crippen LogP contribution in [0.25, 0.3) is 0 Å². The summed E-state index contributed by atoms with van der Waals surface area (Å²) < 4.78 is 5.67. The molecular formula is C17H23NOS. The van der Waals surface area contributed by atoms with Gasteiger partial charge in [-0.15, -0.1) is 11.3 Å². The molecule has 1 aromatic heterocycles. The summed E-state index contributed by atoms with van der Waals surface area (Å²) in [6, 6.07) is 8.99. The Morgan fingerprint density at radius 3 is 2.65 bits per heavy atom. The normalized spacial score (nSPS) is 12.4. The third kappa shape index (κ3) is 3.22. The fourth-order valence-electron chi connectivity index (χ4n) is 2.52. The molecule has 1 atom stereocenters. The zero-order chi connectivity index (χ0) is 14.5. The Morgan fingerprint density at radius 1 is 1.25 bits per heavy atom. The van der Waals surface area contributed by atoms with Gasteiger partial charge in [-0.05, 0) is 43.0 Å². The molecule has 0 fully saturated rings. The number of benzene rings is 1. The molecule has 108 valence electrons. The smallest absolute Gasteiger partial charge is 0.126 e. The van der Waals surface area contributed by atoms with Gasteiger partial charge in [0, 0.05) is 22.9 Å². The molecule has 3 heteroatoms. The SMILES string of the molecule is CCNC(Cc1cccs1)c1ccc(C)c(C)c1OC. The van der Waals surface area contributed by atoms with E-state index in [9.17, 15) is 0 Å². The summed E-state index contributed by atoms with van der Waals surface area (Å²) in [5.74, 6) is 1.02. The lowest BCUT2D eigenvalue weighted by molar-refractivity contribution is 0.396. The first-order valence-corrected chi connectivity index (χ1v) is 7.95. The zero-order valence-electron chi connectivity index (χ0n) is 12.7. The summed E-state index contributed by atoms with van der Waals surface area (Å²) >= 11 is 1.81. The second kappa shape index (κ2) is 6.91. The van der Waals surface area contributed by atoms with Crippen LogP contribution in [0, 0.1) is 13.8 Å². The fourth-order valence-corrected chi connectivity index (χ4v) is 3.28. The van der Waals surface area contributed by atoms with E-state index in [2.05, 4.69) is 55.7 Å². The van der Waals surface area contributed by atoms with E-state index in [0.717, 1.165) is 18.7 Å². The number of nitrogens with one attached hydrogen (secondary N) is 1. The van der Waals surface area contributed by atoms with Crippen LogP contribution in [0.1, 0.15) is 34.5 Å². The minimum Gasteiger partial charge on any atom is -0.496 e. The third-order valence-corrected chi connectivity index (χ3v) is 4.62. The first-order chi connectivity index (χ1) is 9.67. The number of likely N-dealkylation sites (N-methyl/N-ethyl adjacent to an activating group) is 1. The van der Waals surface area contributed by atoms with Crippen LogP contribution in [0.15, 0.2) is 29.6 Å². The molecule has 0 aliphatic heterocycles. The zero-order valence-corrected chi connectivity index (χ0v) is 13.5. The predicted molar refractivity (Wildman–Crippen MR) is 86.9 cm³/mol. The molecular weight excluding hydrogens is 266 g/mol. The summed E-state index contributed by atoms with van der Waals surface area (Å²) in [7, 11) is 1.76. The number of ether oxygens (including phenoxy) is 1. The van der Waals surface area contributed by atoms with Gasteiger partial charge in [-0.25, -0.2) is 0 Å². The lowest BCUT2D eigenvalue weighted by Crippen LogP contribution is -2.23. The molecule has 0 bridgehead atoms. The molecule has 1 unspecified atom stereocenters. The predicted octanol–water partition coefficient (Wildman–Crippen LogP) is 4.27. The molecule has 0 spiro atoms. The molecule has 2 aromatic rings. The van der Waals surface area contributed by atoms with E-state index in [4.69, 9.17) is 4.74 Å². The van der Waals surface area contributed by atoms with Gasteiger partial charge in [-0.1, -0.05) is 25.1 Å². The monoisotopic (exact) mass is 289 g/mol. The van der Waals surface area contributed by atoms with Crippen molar-refractivity contribution in [2.24, 2.45) is 0 Å². The van der Waals surface area contributed by atoms with Crippen molar-refractivity contribution >= 4 is 11.3 Å². The van der Waals surface area contributed by atoms with Crippen molar-refractivity contribution < 1.29 is 4.74 Å². The van der Waals surface area contributed by atoms with Crippen LogP contribution in [0.4, 0.5) is 0 Å². The highest BCUT2D eigenvalue weighted by Crippen LogP contribution is 2.33. The number of thiophene rings is 1. The summed E-state index contributed by atoms with van der Waals surface area (Å²) in [5, 5.41) is 5.72. The van der Waals surface area contributed by atoms with E-state index in [1.807, 2.05) is 11.3 Å². The fraction of sp³-hybridized carbons (Fsp3) is 0.412. The van der Waals surface area contributed by atoms with Crippen LogP contribution in [0.2, 0.25) is 0 Å². The van der Waals surface area contributed by atoms with Crippen molar-refractivity contribution in [2.75, 3.05) is 13.7 Å². The number of rotatable bonds is 6. The Bertz CT molecular complexity index is 548. The van der Waals surface area contributed by atoms with Crippen molar-refractivity contribution in [1.29, 1.82) is 0 Å². The quantitative estimate of drug-likeness (QED) is 0.857. The Kier molecular flexibility index (Phi) is 5.21. The summed E-state index contributed by atoms with van der Waals surface area (Å²) in [5.41, 5.74) is 3.77. The first kappa shape index (κ1) is 15.1. The Hall–Kier alpha value is -1.32. The molecule has 2 rings (SSSR count). The highest BCUT2D eigenvalue weighted by molar-refractivity contribution is 7.09. The van der Waals surface area contributed by atoms with Gasteiger partial charge in [0.2, 0.25) is 0 Å². The number of aryl methyl sites for hydroxylation is 1. The van der Waals surface area contributed by atoms with Crippen molar-refractivity contribution in [1.82, 2.24) is 5.32 Å². The minimum absolute atomic E-state index is 0.299. The molecule has 0 amide bonds. The molecule has 0 saturated heterocycles. The highest BCUT2D eigenvalue weighted by Gasteiger charge is 2.18. The van der Waals surface area contributed by atoms with Crippen molar-refractivity contribution in [3.05, 3.63) is 51.2 Å². The van der Waals surface area contributed by atoms with E-state index < -0.39 is 0 Å². The van der Waals surface area contributed by atoms with E-state index in [0.29, 0.717) is 6.04 Å². The van der Waals surface area contributed by atoms with Gasteiger partial charge < -0.3 is 10.1 Å². The number of methoxy groups -OCH3 is 1. The standard InChI is InChI=1S/C17H23NOS/c1-5-18-16(11-14-7-6-10-20-14)15-9-8-12(2)13(3)17(15)19-4/h6-10,16,18H,5,11H2,1-4H3. The van der Waals surface area contributed by atoms with E-state index in [-0.39, 0.29) is 0 Å². The van der Waals surface area contributed by atoms with Crippen LogP contribution >= 0.6 is 11.3 Å². The molecule has 2 nitrogen and oxygen atoms in total. The maximum Gasteiger partial charge on any atom is 0.126 e. The van der Waals surface area contributed by atoms with Crippen LogP contribution < -0.4 is 10.1 Å². The molecule has 1 heterocycles. The van der Waals surface area contributed by atoms with Crippen LogP contribution in [0.5, 0.6) is 5.75 Å². The number of hydrogen-bond donors (Lipinski definition) is 1.